The number of rotatable bonds is 8. The molecular formula is C24H25ClN2O3S. The van der Waals surface area contributed by atoms with E-state index in [1.165, 1.54) is 24.3 Å². The molecular weight excluding hydrogens is 432 g/mol. The van der Waals surface area contributed by atoms with Crippen molar-refractivity contribution in [3.05, 3.63) is 95.0 Å². The first-order chi connectivity index (χ1) is 14.8. The van der Waals surface area contributed by atoms with E-state index < -0.39 is 10.0 Å². The van der Waals surface area contributed by atoms with Crippen molar-refractivity contribution in [2.24, 2.45) is 0 Å². The molecule has 1 atom stereocenters. The van der Waals surface area contributed by atoms with Gasteiger partial charge in [-0.15, -0.1) is 0 Å². The third-order valence-electron chi connectivity index (χ3n) is 4.92. The van der Waals surface area contributed by atoms with Crippen molar-refractivity contribution in [2.45, 2.75) is 31.2 Å². The summed E-state index contributed by atoms with van der Waals surface area (Å²) in [6.45, 7) is 3.51. The number of anilines is 1. The van der Waals surface area contributed by atoms with E-state index >= 15 is 0 Å². The molecule has 5 nitrogen and oxygen atoms in total. The van der Waals surface area contributed by atoms with Crippen LogP contribution in [0.15, 0.2) is 83.8 Å². The number of hydrogen-bond donors (Lipinski definition) is 1. The van der Waals surface area contributed by atoms with Crippen molar-refractivity contribution < 1.29 is 13.2 Å². The van der Waals surface area contributed by atoms with E-state index in [1.54, 1.807) is 18.2 Å². The highest BCUT2D eigenvalue weighted by molar-refractivity contribution is 7.92. The largest absolute Gasteiger partial charge is 0.348 e. The van der Waals surface area contributed by atoms with Gasteiger partial charge >= 0.3 is 0 Å². The smallest absolute Gasteiger partial charge is 0.264 e. The fraction of sp³-hybridized carbons (Fsp3) is 0.208. The lowest BCUT2D eigenvalue weighted by atomic mass is 10.0. The number of amides is 1. The number of sulfonamides is 1. The third kappa shape index (κ3) is 5.66. The highest BCUT2D eigenvalue weighted by Gasteiger charge is 2.28. The van der Waals surface area contributed by atoms with Gasteiger partial charge in [-0.1, -0.05) is 61.0 Å². The molecule has 3 aromatic rings. The highest BCUT2D eigenvalue weighted by Crippen LogP contribution is 2.26. The Hall–Kier alpha value is -2.83. The van der Waals surface area contributed by atoms with Crippen molar-refractivity contribution in [3.8, 4) is 0 Å². The molecule has 0 saturated carbocycles. The summed E-state index contributed by atoms with van der Waals surface area (Å²) in [6.07, 6.45) is 0.685. The minimum absolute atomic E-state index is 0.0707. The first-order valence-corrected chi connectivity index (χ1v) is 11.8. The van der Waals surface area contributed by atoms with Crippen molar-refractivity contribution in [3.63, 3.8) is 0 Å². The topological polar surface area (TPSA) is 66.5 Å². The Morgan fingerprint density at radius 3 is 2.29 bits per heavy atom. The zero-order valence-electron chi connectivity index (χ0n) is 17.5. The maximum Gasteiger partial charge on any atom is 0.264 e. The molecule has 0 spiro atoms. The van der Waals surface area contributed by atoms with Crippen LogP contribution in [0.1, 0.15) is 30.5 Å². The van der Waals surface area contributed by atoms with Gasteiger partial charge < -0.3 is 5.32 Å². The summed E-state index contributed by atoms with van der Waals surface area (Å²) in [5, 5.41) is 3.40. The molecule has 0 aliphatic rings. The van der Waals surface area contributed by atoms with Gasteiger partial charge in [0.2, 0.25) is 5.91 Å². The van der Waals surface area contributed by atoms with Gasteiger partial charge in [-0.3, -0.25) is 9.10 Å². The van der Waals surface area contributed by atoms with Crippen LogP contribution in [0, 0.1) is 6.92 Å². The monoisotopic (exact) mass is 456 g/mol. The molecule has 0 aliphatic carbocycles. The molecule has 7 heteroatoms. The highest BCUT2D eigenvalue weighted by atomic mass is 35.5. The number of carbonyl (C=O) groups is 1. The van der Waals surface area contributed by atoms with Crippen LogP contribution in [-0.2, 0) is 14.8 Å². The Morgan fingerprint density at radius 1 is 1.00 bits per heavy atom. The van der Waals surface area contributed by atoms with Gasteiger partial charge in [0, 0.05) is 5.02 Å². The van der Waals surface area contributed by atoms with Crippen molar-refractivity contribution in [1.29, 1.82) is 0 Å². The summed E-state index contributed by atoms with van der Waals surface area (Å²) < 4.78 is 28.0. The van der Waals surface area contributed by atoms with Gasteiger partial charge in [0.1, 0.15) is 6.54 Å². The Labute approximate surface area is 188 Å². The second kappa shape index (κ2) is 9.98. The first-order valence-electron chi connectivity index (χ1n) is 10.0. The SMILES string of the molecule is CC[C@H](NC(=O)CN(c1cccc(C)c1)S(=O)(=O)c1ccc(Cl)cc1)c1ccccc1. The first kappa shape index (κ1) is 22.8. The number of halogens is 1. The van der Waals surface area contributed by atoms with E-state index in [2.05, 4.69) is 5.32 Å². The Balaban J connectivity index is 1.91. The standard InChI is InChI=1S/C24H25ClN2O3S/c1-3-23(19-9-5-4-6-10-19)26-24(28)17-27(21-11-7-8-18(2)16-21)31(29,30)22-14-12-20(25)13-15-22/h4-16,23H,3,17H2,1-2H3,(H,26,28)/t23-/m0/s1. The third-order valence-corrected chi connectivity index (χ3v) is 6.96. The number of hydrogen-bond acceptors (Lipinski definition) is 3. The van der Waals surface area contributed by atoms with Crippen LogP contribution in [0.2, 0.25) is 5.02 Å². The van der Waals surface area contributed by atoms with Crippen LogP contribution < -0.4 is 9.62 Å². The molecule has 1 N–H and O–H groups in total. The van der Waals surface area contributed by atoms with Crippen LogP contribution >= 0.6 is 11.6 Å². The number of nitrogens with one attached hydrogen (secondary N) is 1. The molecule has 0 saturated heterocycles. The van der Waals surface area contributed by atoms with E-state index in [0.717, 1.165) is 15.4 Å². The van der Waals surface area contributed by atoms with Crippen LogP contribution in [0.25, 0.3) is 0 Å². The summed E-state index contributed by atoms with van der Waals surface area (Å²) >= 11 is 5.92. The zero-order valence-corrected chi connectivity index (χ0v) is 19.0. The molecule has 3 rings (SSSR count). The van der Waals surface area contributed by atoms with E-state index in [1.807, 2.05) is 50.2 Å². The average Bonchev–Trinajstić information content (AvgIpc) is 2.76. The van der Waals surface area contributed by atoms with Gasteiger partial charge in [0.05, 0.1) is 16.6 Å². The van der Waals surface area contributed by atoms with Crippen molar-refractivity contribution in [2.75, 3.05) is 10.8 Å². The quantitative estimate of drug-likeness (QED) is 0.512. The van der Waals surface area contributed by atoms with E-state index in [0.29, 0.717) is 17.1 Å². The Morgan fingerprint density at radius 2 is 1.68 bits per heavy atom. The summed E-state index contributed by atoms with van der Waals surface area (Å²) in [5.74, 6) is -0.380. The maximum absolute atomic E-state index is 13.4. The van der Waals surface area contributed by atoms with Crippen LogP contribution in [0.5, 0.6) is 0 Å². The van der Waals surface area contributed by atoms with Gasteiger partial charge in [0.15, 0.2) is 0 Å². The number of aryl methyl sites for hydroxylation is 1. The van der Waals surface area contributed by atoms with E-state index in [4.69, 9.17) is 11.6 Å². The molecule has 162 valence electrons. The van der Waals surface area contributed by atoms with E-state index in [-0.39, 0.29) is 23.4 Å². The molecule has 0 heterocycles. The fourth-order valence-corrected chi connectivity index (χ4v) is 4.85. The lowest BCUT2D eigenvalue weighted by Crippen LogP contribution is -2.42. The molecule has 0 bridgehead atoms. The number of carbonyl (C=O) groups excluding carboxylic acids is 1. The molecule has 1 amide bonds. The van der Waals surface area contributed by atoms with Crippen molar-refractivity contribution in [1.82, 2.24) is 5.32 Å². The predicted octanol–water partition coefficient (Wildman–Crippen LogP) is 5.11. The molecule has 0 aromatic heterocycles. The fourth-order valence-electron chi connectivity index (χ4n) is 3.31. The molecule has 3 aromatic carbocycles. The van der Waals surface area contributed by atoms with Crippen LogP contribution in [-0.4, -0.2) is 20.9 Å². The van der Waals surface area contributed by atoms with Gasteiger partial charge in [0.25, 0.3) is 10.0 Å². The molecule has 0 fully saturated rings. The second-order valence-electron chi connectivity index (χ2n) is 7.24. The normalized spacial score (nSPS) is 12.2. The van der Waals surface area contributed by atoms with Crippen molar-refractivity contribution >= 4 is 33.2 Å². The van der Waals surface area contributed by atoms with E-state index in [9.17, 15) is 13.2 Å². The predicted molar refractivity (Wildman–Crippen MR) is 125 cm³/mol. The summed E-state index contributed by atoms with van der Waals surface area (Å²) in [7, 11) is -3.98. The lowest BCUT2D eigenvalue weighted by Gasteiger charge is -2.26. The summed E-state index contributed by atoms with van der Waals surface area (Å²) in [5.41, 5.74) is 2.30. The average molecular weight is 457 g/mol. The Kier molecular flexibility index (Phi) is 7.36. The maximum atomic E-state index is 13.4. The molecule has 31 heavy (non-hydrogen) atoms. The van der Waals surface area contributed by atoms with Crippen LogP contribution in [0.4, 0.5) is 5.69 Å². The van der Waals surface area contributed by atoms with Gasteiger partial charge in [-0.2, -0.15) is 0 Å². The Bertz CT molecular complexity index is 1130. The van der Waals surface area contributed by atoms with Gasteiger partial charge in [-0.05, 0) is 60.9 Å². The summed E-state index contributed by atoms with van der Waals surface area (Å²) in [4.78, 5) is 13.0. The summed E-state index contributed by atoms with van der Waals surface area (Å²) in [6, 6.07) is 22.4. The minimum Gasteiger partial charge on any atom is -0.348 e. The number of benzene rings is 3. The second-order valence-corrected chi connectivity index (χ2v) is 9.54. The van der Waals surface area contributed by atoms with Crippen LogP contribution in [0.3, 0.4) is 0 Å². The minimum atomic E-state index is -3.98. The molecule has 0 radical (unpaired) electrons. The lowest BCUT2D eigenvalue weighted by molar-refractivity contribution is -0.120. The van der Waals surface area contributed by atoms with Gasteiger partial charge in [-0.25, -0.2) is 8.42 Å². The number of nitrogens with zero attached hydrogens (tertiary/aromatic N) is 1. The zero-order chi connectivity index (χ0) is 22.4. The molecule has 0 unspecified atom stereocenters. The molecule has 0 aliphatic heterocycles.